The summed E-state index contributed by atoms with van der Waals surface area (Å²) in [6.07, 6.45) is -3.73. The van der Waals surface area contributed by atoms with Gasteiger partial charge in [0, 0.05) is 12.7 Å². The maximum Gasteiger partial charge on any atom is 0.417 e. The summed E-state index contributed by atoms with van der Waals surface area (Å²) in [5, 5.41) is 11.1. The number of alkyl halides is 3. The lowest BCUT2D eigenvalue weighted by atomic mass is 10.3. The number of pyridine rings is 1. The fourth-order valence-corrected chi connectivity index (χ4v) is 1.92. The van der Waals surface area contributed by atoms with E-state index in [9.17, 15) is 22.8 Å². The van der Waals surface area contributed by atoms with Gasteiger partial charge in [-0.1, -0.05) is 11.8 Å². The molecule has 0 unspecified atom stereocenters. The number of nitrogens with zero attached hydrogens (tertiary/aromatic N) is 1. The van der Waals surface area contributed by atoms with Crippen molar-refractivity contribution in [1.82, 2.24) is 10.3 Å². The Morgan fingerprint density at radius 3 is 2.64 bits per heavy atom. The van der Waals surface area contributed by atoms with Crippen LogP contribution >= 0.6 is 11.8 Å². The third-order valence-corrected chi connectivity index (χ3v) is 3.15. The molecule has 1 rings (SSSR count). The van der Waals surface area contributed by atoms with Crippen molar-refractivity contribution >= 4 is 23.6 Å². The van der Waals surface area contributed by atoms with Crippen LogP contribution in [0.25, 0.3) is 0 Å². The molecular weight excluding hydrogens is 325 g/mol. The Balaban J connectivity index is 2.25. The van der Waals surface area contributed by atoms with Gasteiger partial charge in [0.15, 0.2) is 0 Å². The van der Waals surface area contributed by atoms with Gasteiger partial charge in [-0.05, 0) is 12.1 Å². The van der Waals surface area contributed by atoms with E-state index in [4.69, 9.17) is 9.84 Å². The van der Waals surface area contributed by atoms with Gasteiger partial charge in [0.1, 0.15) is 6.61 Å². The van der Waals surface area contributed by atoms with Crippen molar-refractivity contribution in [2.75, 3.05) is 25.5 Å². The molecule has 6 nitrogen and oxygen atoms in total. The summed E-state index contributed by atoms with van der Waals surface area (Å²) in [7, 11) is 0. The minimum Gasteiger partial charge on any atom is -0.480 e. The fraction of sp³-hybridized carbons (Fsp3) is 0.417. The molecule has 122 valence electrons. The van der Waals surface area contributed by atoms with Crippen LogP contribution in [0.4, 0.5) is 13.2 Å². The lowest BCUT2D eigenvalue weighted by Crippen LogP contribution is -2.29. The van der Waals surface area contributed by atoms with Crippen LogP contribution in [0.5, 0.6) is 0 Å². The Labute approximate surface area is 128 Å². The molecule has 0 atom stereocenters. The van der Waals surface area contributed by atoms with Gasteiger partial charge in [-0.2, -0.15) is 13.2 Å². The van der Waals surface area contributed by atoms with E-state index in [1.165, 1.54) is 6.07 Å². The molecule has 0 aromatic carbocycles. The molecule has 0 saturated heterocycles. The quantitative estimate of drug-likeness (QED) is 0.550. The SMILES string of the molecule is O=C(O)COCCNC(=O)CSc1ccc(C(F)(F)F)cn1. The van der Waals surface area contributed by atoms with Crippen LogP contribution in [-0.2, 0) is 20.5 Å². The van der Waals surface area contributed by atoms with Gasteiger partial charge in [-0.25, -0.2) is 9.78 Å². The van der Waals surface area contributed by atoms with Crippen LogP contribution in [0.15, 0.2) is 23.4 Å². The van der Waals surface area contributed by atoms with Crippen molar-refractivity contribution in [3.63, 3.8) is 0 Å². The number of hydrogen-bond acceptors (Lipinski definition) is 5. The van der Waals surface area contributed by atoms with Crippen LogP contribution in [0.1, 0.15) is 5.56 Å². The van der Waals surface area contributed by atoms with E-state index in [1.807, 2.05) is 0 Å². The molecule has 0 aliphatic carbocycles. The van der Waals surface area contributed by atoms with Crippen molar-refractivity contribution < 1.29 is 32.6 Å². The summed E-state index contributed by atoms with van der Waals surface area (Å²) in [6.45, 7) is -0.242. The van der Waals surface area contributed by atoms with E-state index >= 15 is 0 Å². The molecule has 0 aliphatic heterocycles. The maximum absolute atomic E-state index is 12.3. The standard InChI is InChI=1S/C12H13F3N2O4S/c13-12(14,15)8-1-2-10(17-5-8)22-7-9(18)16-3-4-21-6-11(19)20/h1-2,5H,3-4,6-7H2,(H,16,18)(H,19,20). The van der Waals surface area contributed by atoms with E-state index in [2.05, 4.69) is 10.3 Å². The first kappa shape index (κ1) is 18.2. The second-order valence-corrected chi connectivity index (χ2v) is 4.96. The van der Waals surface area contributed by atoms with Crippen LogP contribution in [0.3, 0.4) is 0 Å². The van der Waals surface area contributed by atoms with E-state index in [0.717, 1.165) is 17.8 Å². The largest absolute Gasteiger partial charge is 0.480 e. The second kappa shape index (κ2) is 8.59. The van der Waals surface area contributed by atoms with E-state index in [1.54, 1.807) is 0 Å². The third kappa shape index (κ3) is 7.27. The van der Waals surface area contributed by atoms with Gasteiger partial charge in [-0.15, -0.1) is 0 Å². The first-order valence-corrected chi connectivity index (χ1v) is 7.00. The highest BCUT2D eigenvalue weighted by Crippen LogP contribution is 2.29. The summed E-state index contributed by atoms with van der Waals surface area (Å²) in [4.78, 5) is 25.2. The molecule has 1 aromatic rings. The van der Waals surface area contributed by atoms with Crippen molar-refractivity contribution in [2.24, 2.45) is 0 Å². The predicted molar refractivity (Wildman–Crippen MR) is 71.4 cm³/mol. The zero-order chi connectivity index (χ0) is 16.6. The number of halogens is 3. The number of ether oxygens (including phenoxy) is 1. The van der Waals surface area contributed by atoms with Gasteiger partial charge in [0.05, 0.1) is 22.9 Å². The molecule has 0 fully saturated rings. The summed E-state index contributed by atoms with van der Waals surface area (Å²) in [6, 6.07) is 2.09. The number of carboxylic acids is 1. The van der Waals surface area contributed by atoms with E-state index in [0.29, 0.717) is 11.2 Å². The smallest absolute Gasteiger partial charge is 0.417 e. The zero-order valence-electron chi connectivity index (χ0n) is 11.2. The summed E-state index contributed by atoms with van der Waals surface area (Å²) < 4.78 is 41.7. The average molecular weight is 338 g/mol. The normalized spacial score (nSPS) is 11.2. The molecule has 10 heteroatoms. The molecule has 0 radical (unpaired) electrons. The molecule has 0 saturated carbocycles. The number of thioether (sulfide) groups is 1. The number of hydrogen-bond donors (Lipinski definition) is 2. The topological polar surface area (TPSA) is 88.5 Å². The van der Waals surface area contributed by atoms with E-state index < -0.39 is 24.3 Å². The Kier molecular flexibility index (Phi) is 7.12. The molecule has 0 bridgehead atoms. The molecular formula is C12H13F3N2O4S. The van der Waals surface area contributed by atoms with Crippen LogP contribution in [0, 0.1) is 0 Å². The lowest BCUT2D eigenvalue weighted by molar-refractivity contribution is -0.142. The number of carbonyl (C=O) groups is 2. The fourth-order valence-electron chi connectivity index (χ4n) is 1.25. The highest BCUT2D eigenvalue weighted by atomic mass is 32.2. The Morgan fingerprint density at radius 2 is 2.09 bits per heavy atom. The first-order chi connectivity index (χ1) is 10.3. The van der Waals surface area contributed by atoms with Gasteiger partial charge >= 0.3 is 12.1 Å². The number of aromatic nitrogens is 1. The highest BCUT2D eigenvalue weighted by Gasteiger charge is 2.30. The molecule has 0 spiro atoms. The minimum atomic E-state index is -4.44. The summed E-state index contributed by atoms with van der Waals surface area (Å²) >= 11 is 0.991. The van der Waals surface area contributed by atoms with Gasteiger partial charge in [0.25, 0.3) is 0 Å². The van der Waals surface area contributed by atoms with Crippen LogP contribution in [0.2, 0.25) is 0 Å². The number of aliphatic carboxylic acids is 1. The maximum atomic E-state index is 12.3. The van der Waals surface area contributed by atoms with Gasteiger partial charge in [-0.3, -0.25) is 4.79 Å². The first-order valence-electron chi connectivity index (χ1n) is 6.01. The second-order valence-electron chi connectivity index (χ2n) is 3.97. The summed E-state index contributed by atoms with van der Waals surface area (Å²) in [5.74, 6) is -1.47. The molecule has 0 aliphatic rings. The van der Waals surface area contributed by atoms with Gasteiger partial charge in [0.2, 0.25) is 5.91 Å². The third-order valence-electron chi connectivity index (χ3n) is 2.21. The van der Waals surface area contributed by atoms with Crippen LogP contribution < -0.4 is 5.32 Å². The van der Waals surface area contributed by atoms with Crippen molar-refractivity contribution in [2.45, 2.75) is 11.2 Å². The van der Waals surface area contributed by atoms with Crippen molar-refractivity contribution in [1.29, 1.82) is 0 Å². The predicted octanol–water partition coefficient (Wildman–Crippen LogP) is 1.41. The number of carbonyl (C=O) groups excluding carboxylic acids is 1. The van der Waals surface area contributed by atoms with E-state index in [-0.39, 0.29) is 24.8 Å². The number of rotatable bonds is 8. The zero-order valence-corrected chi connectivity index (χ0v) is 12.0. The molecule has 1 heterocycles. The Bertz CT molecular complexity index is 508. The Hall–Kier alpha value is -1.81. The summed E-state index contributed by atoms with van der Waals surface area (Å²) in [5.41, 5.74) is -0.850. The van der Waals surface area contributed by atoms with Crippen LogP contribution in [-0.4, -0.2) is 47.5 Å². The average Bonchev–Trinajstić information content (AvgIpc) is 2.44. The minimum absolute atomic E-state index is 0.0166. The molecule has 2 N–H and O–H groups in total. The number of amides is 1. The lowest BCUT2D eigenvalue weighted by Gasteiger charge is -2.07. The molecule has 22 heavy (non-hydrogen) atoms. The monoisotopic (exact) mass is 338 g/mol. The Morgan fingerprint density at radius 1 is 1.36 bits per heavy atom. The number of carboxylic acid groups (broad SMARTS) is 1. The number of nitrogens with one attached hydrogen (secondary N) is 1. The van der Waals surface area contributed by atoms with Crippen molar-refractivity contribution in [3.05, 3.63) is 23.9 Å². The molecule has 1 aromatic heterocycles. The molecule has 1 amide bonds. The van der Waals surface area contributed by atoms with Gasteiger partial charge < -0.3 is 15.2 Å². The van der Waals surface area contributed by atoms with Crippen molar-refractivity contribution in [3.8, 4) is 0 Å². The highest BCUT2D eigenvalue weighted by molar-refractivity contribution is 7.99.